The van der Waals surface area contributed by atoms with Crippen molar-refractivity contribution in [3.05, 3.63) is 94.0 Å². The third-order valence-electron chi connectivity index (χ3n) is 3.76. The summed E-state index contributed by atoms with van der Waals surface area (Å²) in [6.45, 7) is 0. The van der Waals surface area contributed by atoms with Gasteiger partial charge in [-0.05, 0) is 36.4 Å². The van der Waals surface area contributed by atoms with Crippen LogP contribution in [0.2, 0.25) is 0 Å². The standard InChI is InChI=1S/C20H15N5O4/c26-19-11-10-16(23-22-15-6-2-1-3-7-15)12-14(19)13-21-24-20(27)17-8-4-5-9-18(17)25(28)29/h1-13,26H,(H,24,27)/b21-13+,23-22?. The molecule has 144 valence electrons. The molecule has 9 heteroatoms. The minimum absolute atomic E-state index is 0.0765. The van der Waals surface area contributed by atoms with E-state index in [1.807, 2.05) is 18.2 Å². The number of hydrogen-bond donors (Lipinski definition) is 2. The summed E-state index contributed by atoms with van der Waals surface area (Å²) in [6, 6.07) is 19.2. The number of phenolic OH excluding ortho intramolecular Hbond substituents is 1. The Hall–Kier alpha value is -4.40. The Labute approximate surface area is 165 Å². The second-order valence-electron chi connectivity index (χ2n) is 5.75. The molecule has 0 fully saturated rings. The molecule has 0 spiro atoms. The number of nitrogens with one attached hydrogen (secondary N) is 1. The van der Waals surface area contributed by atoms with Gasteiger partial charge >= 0.3 is 0 Å². The second kappa shape index (κ2) is 9.00. The molecule has 0 heterocycles. The van der Waals surface area contributed by atoms with Gasteiger partial charge in [0.1, 0.15) is 11.3 Å². The monoisotopic (exact) mass is 389 g/mol. The highest BCUT2D eigenvalue weighted by molar-refractivity contribution is 5.98. The lowest BCUT2D eigenvalue weighted by Crippen LogP contribution is -2.18. The average molecular weight is 389 g/mol. The molecule has 29 heavy (non-hydrogen) atoms. The highest BCUT2D eigenvalue weighted by atomic mass is 16.6. The zero-order valence-electron chi connectivity index (χ0n) is 15.0. The maximum absolute atomic E-state index is 12.1. The van der Waals surface area contributed by atoms with Gasteiger partial charge in [-0.1, -0.05) is 30.3 Å². The fourth-order valence-electron chi connectivity index (χ4n) is 2.36. The summed E-state index contributed by atoms with van der Waals surface area (Å²) in [6.07, 6.45) is 1.21. The number of nitrogens with zero attached hydrogens (tertiary/aromatic N) is 4. The highest BCUT2D eigenvalue weighted by Gasteiger charge is 2.18. The van der Waals surface area contributed by atoms with Crippen LogP contribution in [0.1, 0.15) is 15.9 Å². The first-order chi connectivity index (χ1) is 14.0. The molecule has 0 unspecified atom stereocenters. The minimum Gasteiger partial charge on any atom is -0.507 e. The van der Waals surface area contributed by atoms with E-state index < -0.39 is 10.8 Å². The molecule has 0 atom stereocenters. The van der Waals surface area contributed by atoms with Crippen molar-refractivity contribution >= 4 is 29.2 Å². The molecule has 0 aromatic heterocycles. The van der Waals surface area contributed by atoms with Crippen LogP contribution in [0.3, 0.4) is 0 Å². The van der Waals surface area contributed by atoms with E-state index in [9.17, 15) is 20.0 Å². The first kappa shape index (κ1) is 19.4. The van der Waals surface area contributed by atoms with Crippen LogP contribution in [-0.2, 0) is 0 Å². The van der Waals surface area contributed by atoms with E-state index in [2.05, 4.69) is 20.8 Å². The number of carbonyl (C=O) groups is 1. The van der Waals surface area contributed by atoms with Gasteiger partial charge < -0.3 is 5.11 Å². The van der Waals surface area contributed by atoms with Crippen LogP contribution in [0.4, 0.5) is 17.1 Å². The van der Waals surface area contributed by atoms with Crippen molar-refractivity contribution in [2.75, 3.05) is 0 Å². The number of hydrazone groups is 1. The molecule has 3 rings (SSSR count). The molecule has 0 saturated heterocycles. The van der Waals surface area contributed by atoms with Crippen LogP contribution < -0.4 is 5.43 Å². The van der Waals surface area contributed by atoms with E-state index in [0.29, 0.717) is 11.4 Å². The van der Waals surface area contributed by atoms with Gasteiger partial charge in [-0.3, -0.25) is 14.9 Å². The zero-order chi connectivity index (χ0) is 20.6. The van der Waals surface area contributed by atoms with Crippen LogP contribution in [0.15, 0.2) is 88.1 Å². The fourth-order valence-corrected chi connectivity index (χ4v) is 2.36. The number of para-hydroxylation sites is 1. The summed E-state index contributed by atoms with van der Waals surface area (Å²) in [5.74, 6) is -0.819. The van der Waals surface area contributed by atoms with E-state index in [4.69, 9.17) is 0 Å². The number of azo groups is 1. The lowest BCUT2D eigenvalue weighted by Gasteiger charge is -2.02. The number of nitro groups is 1. The fraction of sp³-hybridized carbons (Fsp3) is 0. The van der Waals surface area contributed by atoms with Crippen molar-refractivity contribution in [1.29, 1.82) is 0 Å². The molecule has 2 N–H and O–H groups in total. The number of rotatable bonds is 6. The summed E-state index contributed by atoms with van der Waals surface area (Å²) in [5.41, 5.74) is 3.19. The quantitative estimate of drug-likeness (QED) is 0.278. The van der Waals surface area contributed by atoms with Crippen molar-refractivity contribution < 1.29 is 14.8 Å². The summed E-state index contributed by atoms with van der Waals surface area (Å²) in [7, 11) is 0. The number of hydrogen-bond acceptors (Lipinski definition) is 7. The van der Waals surface area contributed by atoms with Crippen molar-refractivity contribution in [3.8, 4) is 5.75 Å². The molecular formula is C20H15N5O4. The Morgan fingerprint density at radius 1 is 0.966 bits per heavy atom. The first-order valence-corrected chi connectivity index (χ1v) is 8.41. The number of amides is 1. The summed E-state index contributed by atoms with van der Waals surface area (Å²) < 4.78 is 0. The van der Waals surface area contributed by atoms with Gasteiger partial charge in [0.15, 0.2) is 0 Å². The van der Waals surface area contributed by atoms with Crippen LogP contribution in [-0.4, -0.2) is 22.2 Å². The van der Waals surface area contributed by atoms with Gasteiger partial charge in [0, 0.05) is 11.6 Å². The van der Waals surface area contributed by atoms with Crippen molar-refractivity contribution in [2.24, 2.45) is 15.3 Å². The number of benzene rings is 3. The number of nitro benzene ring substituents is 1. The maximum atomic E-state index is 12.1. The predicted octanol–water partition coefficient (Wildman–Crippen LogP) is 4.48. The number of phenols is 1. The first-order valence-electron chi connectivity index (χ1n) is 8.41. The molecule has 0 radical (unpaired) electrons. The lowest BCUT2D eigenvalue weighted by atomic mass is 10.2. The lowest BCUT2D eigenvalue weighted by molar-refractivity contribution is -0.385. The Morgan fingerprint density at radius 2 is 1.66 bits per heavy atom. The van der Waals surface area contributed by atoms with E-state index >= 15 is 0 Å². The largest absolute Gasteiger partial charge is 0.507 e. The molecule has 0 aliphatic carbocycles. The van der Waals surface area contributed by atoms with Crippen LogP contribution >= 0.6 is 0 Å². The Kier molecular flexibility index (Phi) is 6.01. The molecule has 0 aliphatic rings. The molecule has 0 bridgehead atoms. The molecule has 3 aromatic carbocycles. The molecule has 0 aliphatic heterocycles. The zero-order valence-corrected chi connectivity index (χ0v) is 15.0. The van der Waals surface area contributed by atoms with Gasteiger partial charge in [0.2, 0.25) is 0 Å². The highest BCUT2D eigenvalue weighted by Crippen LogP contribution is 2.24. The molecule has 3 aromatic rings. The maximum Gasteiger partial charge on any atom is 0.282 e. The second-order valence-corrected chi connectivity index (χ2v) is 5.75. The SMILES string of the molecule is O=C(N/N=C/c1cc(N=Nc2ccccc2)ccc1O)c1ccccc1[N+](=O)[O-]. The normalized spacial score (nSPS) is 11.0. The number of carbonyl (C=O) groups excluding carboxylic acids is 1. The Bertz CT molecular complexity index is 1100. The molecular weight excluding hydrogens is 374 g/mol. The van der Waals surface area contributed by atoms with Gasteiger partial charge in [-0.25, -0.2) is 5.43 Å². The van der Waals surface area contributed by atoms with Gasteiger partial charge in [0.25, 0.3) is 11.6 Å². The van der Waals surface area contributed by atoms with Crippen molar-refractivity contribution in [2.45, 2.75) is 0 Å². The van der Waals surface area contributed by atoms with Gasteiger partial charge in [-0.15, -0.1) is 0 Å². The average Bonchev–Trinajstić information content (AvgIpc) is 2.74. The molecule has 9 nitrogen and oxygen atoms in total. The van der Waals surface area contributed by atoms with Crippen molar-refractivity contribution in [3.63, 3.8) is 0 Å². The third-order valence-corrected chi connectivity index (χ3v) is 3.76. The predicted molar refractivity (Wildman–Crippen MR) is 107 cm³/mol. The van der Waals surface area contributed by atoms with Crippen LogP contribution in [0.5, 0.6) is 5.75 Å². The molecule has 0 saturated carbocycles. The topological polar surface area (TPSA) is 130 Å². The number of aromatic hydroxyl groups is 1. The van der Waals surface area contributed by atoms with E-state index in [0.717, 1.165) is 0 Å². The summed E-state index contributed by atoms with van der Waals surface area (Å²) in [5, 5.41) is 32.9. The van der Waals surface area contributed by atoms with E-state index in [1.54, 1.807) is 18.2 Å². The summed E-state index contributed by atoms with van der Waals surface area (Å²) >= 11 is 0. The van der Waals surface area contributed by atoms with Crippen molar-refractivity contribution in [1.82, 2.24) is 5.43 Å². The van der Waals surface area contributed by atoms with Crippen LogP contribution in [0, 0.1) is 10.1 Å². The van der Waals surface area contributed by atoms with Crippen LogP contribution in [0.25, 0.3) is 0 Å². The van der Waals surface area contributed by atoms with Gasteiger partial charge in [-0.2, -0.15) is 15.3 Å². The molecule has 1 amide bonds. The Balaban J connectivity index is 1.73. The van der Waals surface area contributed by atoms with Gasteiger partial charge in [0.05, 0.1) is 22.5 Å². The Morgan fingerprint density at radius 3 is 2.41 bits per heavy atom. The van der Waals surface area contributed by atoms with E-state index in [-0.39, 0.29) is 22.6 Å². The minimum atomic E-state index is -0.743. The smallest absolute Gasteiger partial charge is 0.282 e. The summed E-state index contributed by atoms with van der Waals surface area (Å²) in [4.78, 5) is 22.5. The third kappa shape index (κ3) is 5.07. The van der Waals surface area contributed by atoms with E-state index in [1.165, 1.54) is 42.6 Å².